The van der Waals surface area contributed by atoms with E-state index in [0.717, 1.165) is 0 Å². The molecule has 0 heterocycles. The molecule has 0 bridgehead atoms. The third-order valence-electron chi connectivity index (χ3n) is 1.32. The van der Waals surface area contributed by atoms with Gasteiger partial charge in [-0.1, -0.05) is 0 Å². The largest absolute Gasteiger partial charge is 0.377 e. The highest BCUT2D eigenvalue weighted by Gasteiger charge is 1.89. The number of hydrogen-bond donors (Lipinski definition) is 2. The molecule has 2 amide bonds. The highest BCUT2D eigenvalue weighted by molar-refractivity contribution is 5.45. The van der Waals surface area contributed by atoms with Gasteiger partial charge < -0.3 is 20.1 Å². The Labute approximate surface area is 82.9 Å². The molecule has 0 rings (SSSR count). The Morgan fingerprint density at radius 2 is 1.21 bits per heavy atom. The lowest BCUT2D eigenvalue weighted by Gasteiger charge is -2.04. The van der Waals surface area contributed by atoms with Crippen molar-refractivity contribution in [1.82, 2.24) is 10.6 Å². The van der Waals surface area contributed by atoms with Gasteiger partial charge in [0.2, 0.25) is 12.8 Å². The van der Waals surface area contributed by atoms with Gasteiger partial charge in [-0.05, 0) is 0 Å². The molecule has 0 fully saturated rings. The Bertz CT molecular complexity index is 127. The quantitative estimate of drug-likeness (QED) is 0.317. The van der Waals surface area contributed by atoms with Crippen LogP contribution in [0.2, 0.25) is 0 Å². The number of ether oxygens (including phenoxy) is 2. The fraction of sp³-hybridized carbons (Fsp3) is 0.750. The van der Waals surface area contributed by atoms with Crippen molar-refractivity contribution in [2.75, 3.05) is 39.5 Å². The van der Waals surface area contributed by atoms with E-state index in [1.54, 1.807) is 0 Å². The van der Waals surface area contributed by atoms with E-state index in [0.29, 0.717) is 52.3 Å². The molecule has 0 atom stereocenters. The normalized spacial score (nSPS) is 9.43. The van der Waals surface area contributed by atoms with Crippen molar-refractivity contribution in [2.45, 2.75) is 0 Å². The molecular weight excluding hydrogens is 188 g/mol. The topological polar surface area (TPSA) is 76.7 Å². The standard InChI is InChI=1S/C8H16N2O4/c11-7-9-1-3-13-5-6-14-4-2-10-8-12/h7-8H,1-6H2,(H,9,11)(H,10,12). The molecule has 0 saturated heterocycles. The maximum absolute atomic E-state index is 9.81. The average molecular weight is 204 g/mol. The minimum absolute atomic E-state index is 0.481. The van der Waals surface area contributed by atoms with Crippen LogP contribution in [0.25, 0.3) is 0 Å². The zero-order chi connectivity index (χ0) is 10.5. The van der Waals surface area contributed by atoms with Crippen LogP contribution in [0, 0.1) is 0 Å². The van der Waals surface area contributed by atoms with Crippen molar-refractivity contribution in [3.05, 3.63) is 0 Å². The SMILES string of the molecule is O=CNCCOCCOCCNC=O. The summed E-state index contributed by atoms with van der Waals surface area (Å²) < 4.78 is 10.2. The number of carbonyl (C=O) groups excluding carboxylic acids is 2. The van der Waals surface area contributed by atoms with Crippen LogP contribution in [0.4, 0.5) is 0 Å². The molecule has 82 valence electrons. The van der Waals surface area contributed by atoms with E-state index >= 15 is 0 Å². The van der Waals surface area contributed by atoms with Gasteiger partial charge in [-0.15, -0.1) is 0 Å². The predicted octanol–water partition coefficient (Wildman–Crippen LogP) is -1.49. The molecule has 0 aliphatic carbocycles. The Kier molecular flexibility index (Phi) is 10.9. The lowest BCUT2D eigenvalue weighted by atomic mass is 10.6. The van der Waals surface area contributed by atoms with Crippen molar-refractivity contribution in [1.29, 1.82) is 0 Å². The summed E-state index contributed by atoms with van der Waals surface area (Å²) in [6.07, 6.45) is 1.26. The van der Waals surface area contributed by atoms with E-state index < -0.39 is 0 Å². The van der Waals surface area contributed by atoms with Crippen LogP contribution in [0.15, 0.2) is 0 Å². The molecule has 2 N–H and O–H groups in total. The van der Waals surface area contributed by atoms with E-state index in [1.165, 1.54) is 0 Å². The molecule has 0 aliphatic rings. The second-order valence-electron chi connectivity index (χ2n) is 2.37. The van der Waals surface area contributed by atoms with Gasteiger partial charge in [0, 0.05) is 13.1 Å². The van der Waals surface area contributed by atoms with Crippen LogP contribution in [0.1, 0.15) is 0 Å². The van der Waals surface area contributed by atoms with Crippen molar-refractivity contribution >= 4 is 12.8 Å². The molecule has 0 radical (unpaired) electrons. The van der Waals surface area contributed by atoms with Gasteiger partial charge in [-0.25, -0.2) is 0 Å². The monoisotopic (exact) mass is 204 g/mol. The Morgan fingerprint density at radius 1 is 0.786 bits per heavy atom. The summed E-state index contributed by atoms with van der Waals surface area (Å²) in [5, 5.41) is 4.94. The Hall–Kier alpha value is -1.14. The number of rotatable bonds is 11. The van der Waals surface area contributed by atoms with Crippen molar-refractivity contribution in [3.63, 3.8) is 0 Å². The first-order valence-corrected chi connectivity index (χ1v) is 4.41. The molecule has 0 aromatic carbocycles. The van der Waals surface area contributed by atoms with Crippen LogP contribution in [0.3, 0.4) is 0 Å². The summed E-state index contributed by atoms with van der Waals surface area (Å²) in [6, 6.07) is 0. The maximum Gasteiger partial charge on any atom is 0.207 e. The Morgan fingerprint density at radius 3 is 1.57 bits per heavy atom. The molecule has 0 saturated carbocycles. The summed E-state index contributed by atoms with van der Waals surface area (Å²) in [5.41, 5.74) is 0. The first kappa shape index (κ1) is 12.9. The zero-order valence-electron chi connectivity index (χ0n) is 8.03. The molecule has 0 aromatic heterocycles. The summed E-state index contributed by atoms with van der Waals surface area (Å²) >= 11 is 0. The number of amides is 2. The lowest BCUT2D eigenvalue weighted by Crippen LogP contribution is -2.20. The Balaban J connectivity index is 2.84. The van der Waals surface area contributed by atoms with Crippen LogP contribution in [-0.4, -0.2) is 52.3 Å². The van der Waals surface area contributed by atoms with Gasteiger partial charge in [0.05, 0.1) is 26.4 Å². The minimum Gasteiger partial charge on any atom is -0.377 e. The molecular formula is C8H16N2O4. The highest BCUT2D eigenvalue weighted by Crippen LogP contribution is 1.77. The maximum atomic E-state index is 9.81. The smallest absolute Gasteiger partial charge is 0.207 e. The van der Waals surface area contributed by atoms with E-state index in [2.05, 4.69) is 10.6 Å². The van der Waals surface area contributed by atoms with Gasteiger partial charge in [0.25, 0.3) is 0 Å². The van der Waals surface area contributed by atoms with Crippen LogP contribution in [-0.2, 0) is 19.1 Å². The number of carbonyl (C=O) groups is 2. The van der Waals surface area contributed by atoms with Crippen molar-refractivity contribution < 1.29 is 19.1 Å². The van der Waals surface area contributed by atoms with Crippen LogP contribution in [0.5, 0.6) is 0 Å². The van der Waals surface area contributed by atoms with Crippen molar-refractivity contribution in [2.24, 2.45) is 0 Å². The fourth-order valence-corrected chi connectivity index (χ4v) is 0.702. The number of hydrogen-bond acceptors (Lipinski definition) is 4. The van der Waals surface area contributed by atoms with Gasteiger partial charge in [0.15, 0.2) is 0 Å². The fourth-order valence-electron chi connectivity index (χ4n) is 0.702. The second kappa shape index (κ2) is 11.9. The van der Waals surface area contributed by atoms with Crippen molar-refractivity contribution in [3.8, 4) is 0 Å². The first-order valence-electron chi connectivity index (χ1n) is 4.41. The minimum atomic E-state index is 0.481. The summed E-state index contributed by atoms with van der Waals surface area (Å²) in [7, 11) is 0. The second-order valence-corrected chi connectivity index (χ2v) is 2.37. The average Bonchev–Trinajstić information content (AvgIpc) is 2.21. The molecule has 0 unspecified atom stereocenters. The first-order chi connectivity index (χ1) is 6.91. The summed E-state index contributed by atoms with van der Waals surface area (Å²) in [5.74, 6) is 0. The predicted molar refractivity (Wildman–Crippen MR) is 49.8 cm³/mol. The molecule has 14 heavy (non-hydrogen) atoms. The molecule has 0 spiro atoms. The van der Waals surface area contributed by atoms with Gasteiger partial charge in [-0.3, -0.25) is 9.59 Å². The summed E-state index contributed by atoms with van der Waals surface area (Å²) in [4.78, 5) is 19.6. The van der Waals surface area contributed by atoms with Gasteiger partial charge in [-0.2, -0.15) is 0 Å². The highest BCUT2D eigenvalue weighted by atomic mass is 16.5. The molecule has 6 heteroatoms. The molecule has 6 nitrogen and oxygen atoms in total. The van der Waals surface area contributed by atoms with Crippen LogP contribution < -0.4 is 10.6 Å². The molecule has 0 aliphatic heterocycles. The van der Waals surface area contributed by atoms with E-state index in [9.17, 15) is 9.59 Å². The van der Waals surface area contributed by atoms with Crippen LogP contribution >= 0.6 is 0 Å². The third-order valence-corrected chi connectivity index (χ3v) is 1.32. The lowest BCUT2D eigenvalue weighted by molar-refractivity contribution is -0.110. The number of nitrogens with one attached hydrogen (secondary N) is 2. The zero-order valence-corrected chi connectivity index (χ0v) is 8.03. The van der Waals surface area contributed by atoms with Gasteiger partial charge >= 0.3 is 0 Å². The van der Waals surface area contributed by atoms with E-state index in [1.807, 2.05) is 0 Å². The third kappa shape index (κ3) is 10.9. The van der Waals surface area contributed by atoms with E-state index in [-0.39, 0.29) is 0 Å². The summed E-state index contributed by atoms with van der Waals surface area (Å²) in [6.45, 7) is 2.96. The van der Waals surface area contributed by atoms with E-state index in [4.69, 9.17) is 9.47 Å². The molecule has 0 aromatic rings. The van der Waals surface area contributed by atoms with Gasteiger partial charge in [0.1, 0.15) is 0 Å².